The Hall–Kier alpha value is -4.58. The van der Waals surface area contributed by atoms with E-state index in [-0.39, 0.29) is 47.2 Å². The fourth-order valence-corrected chi connectivity index (χ4v) is 4.79. The third-order valence-corrected chi connectivity index (χ3v) is 6.48. The third kappa shape index (κ3) is 4.42. The van der Waals surface area contributed by atoms with Crippen molar-refractivity contribution in [1.29, 1.82) is 0 Å². The number of nitro benzene ring substituents is 1. The van der Waals surface area contributed by atoms with Crippen molar-refractivity contribution in [1.82, 2.24) is 4.40 Å². The Bertz CT molecular complexity index is 1610. The second-order valence-electron chi connectivity index (χ2n) is 8.73. The van der Waals surface area contributed by atoms with Gasteiger partial charge in [0.05, 0.1) is 42.0 Å². The fourth-order valence-electron chi connectivity index (χ4n) is 4.79. The molecule has 9 nitrogen and oxygen atoms in total. The number of nitrogens with one attached hydrogen (secondary N) is 1. The summed E-state index contributed by atoms with van der Waals surface area (Å²) in [7, 11) is 2.93. The summed E-state index contributed by atoms with van der Waals surface area (Å²) >= 11 is 0. The van der Waals surface area contributed by atoms with Crippen LogP contribution >= 0.6 is 0 Å². The quantitative estimate of drug-likeness (QED) is 0.108. The molecule has 2 aromatic carbocycles. The minimum Gasteiger partial charge on any atom is -0.496 e. The lowest BCUT2D eigenvalue weighted by Crippen LogP contribution is -2.13. The molecule has 39 heavy (non-hydrogen) atoms. The summed E-state index contributed by atoms with van der Waals surface area (Å²) < 4.78 is 59.5. The van der Waals surface area contributed by atoms with Gasteiger partial charge in [0, 0.05) is 43.5 Å². The number of hydrogen-bond donors (Lipinski definition) is 1. The van der Waals surface area contributed by atoms with Crippen molar-refractivity contribution < 1.29 is 37.1 Å². The van der Waals surface area contributed by atoms with E-state index < -0.39 is 28.2 Å². The van der Waals surface area contributed by atoms with Gasteiger partial charge in [-0.3, -0.25) is 14.9 Å². The van der Waals surface area contributed by atoms with Crippen LogP contribution in [0.1, 0.15) is 21.6 Å². The minimum absolute atomic E-state index is 0.00484. The number of nitrogens with zero attached hydrogens (tertiary/aromatic N) is 2. The van der Waals surface area contributed by atoms with Gasteiger partial charge < -0.3 is 23.9 Å². The Morgan fingerprint density at radius 3 is 2.59 bits per heavy atom. The van der Waals surface area contributed by atoms with Crippen molar-refractivity contribution in [2.75, 3.05) is 39.3 Å². The van der Waals surface area contributed by atoms with Crippen LogP contribution in [-0.2, 0) is 11.2 Å². The molecule has 0 fully saturated rings. The van der Waals surface area contributed by atoms with Gasteiger partial charge in [0.25, 0.3) is 0 Å². The van der Waals surface area contributed by atoms with Gasteiger partial charge in [0.1, 0.15) is 11.4 Å². The molecule has 0 bridgehead atoms. The number of pyridine rings is 1. The Morgan fingerprint density at radius 1 is 1.18 bits per heavy atom. The van der Waals surface area contributed by atoms with E-state index in [9.17, 15) is 28.1 Å². The molecule has 0 unspecified atom stereocenters. The highest BCUT2D eigenvalue weighted by molar-refractivity contribution is 6.10. The van der Waals surface area contributed by atoms with E-state index in [0.717, 1.165) is 0 Å². The number of rotatable bonds is 8. The zero-order valence-electron chi connectivity index (χ0n) is 20.8. The van der Waals surface area contributed by atoms with Crippen LogP contribution in [0.2, 0.25) is 0 Å². The van der Waals surface area contributed by atoms with Crippen molar-refractivity contribution in [2.45, 2.75) is 6.42 Å². The molecule has 1 N–H and O–H groups in total. The number of benzene rings is 2. The monoisotopic (exact) mass is 541 g/mol. The van der Waals surface area contributed by atoms with E-state index in [4.69, 9.17) is 14.2 Å². The summed E-state index contributed by atoms with van der Waals surface area (Å²) in [5.74, 6) is -5.08. The molecule has 2 aromatic heterocycles. The number of ketones is 1. The summed E-state index contributed by atoms with van der Waals surface area (Å²) in [6.45, 7) is 0.636. The number of ether oxygens (including phenoxy) is 3. The average molecular weight is 541 g/mol. The molecule has 0 saturated carbocycles. The maximum absolute atomic E-state index is 13.9. The number of carbonyl (C=O) groups is 1. The Labute approximate surface area is 219 Å². The van der Waals surface area contributed by atoms with Crippen molar-refractivity contribution in [3.05, 3.63) is 87.0 Å². The second-order valence-corrected chi connectivity index (χ2v) is 8.73. The molecule has 0 atom stereocenters. The van der Waals surface area contributed by atoms with Gasteiger partial charge in [-0.25, -0.2) is 13.2 Å². The lowest BCUT2D eigenvalue weighted by molar-refractivity contribution is -0.384. The highest BCUT2D eigenvalue weighted by Gasteiger charge is 2.33. The van der Waals surface area contributed by atoms with E-state index in [1.54, 1.807) is 24.4 Å². The first-order valence-corrected chi connectivity index (χ1v) is 11.8. The molecule has 1 aliphatic rings. The Kier molecular flexibility index (Phi) is 6.87. The van der Waals surface area contributed by atoms with Gasteiger partial charge in [0.15, 0.2) is 17.5 Å². The summed E-state index contributed by atoms with van der Waals surface area (Å²) in [6, 6.07) is 7.68. The number of aromatic nitrogens is 1. The van der Waals surface area contributed by atoms with E-state index >= 15 is 0 Å². The van der Waals surface area contributed by atoms with Crippen LogP contribution in [-0.4, -0.2) is 49.1 Å². The molecule has 0 aliphatic carbocycles. The maximum Gasteiger partial charge on any atom is 0.334 e. The molecule has 202 valence electrons. The molecule has 3 heterocycles. The van der Waals surface area contributed by atoms with Gasteiger partial charge in [0.2, 0.25) is 11.5 Å². The molecule has 0 radical (unpaired) electrons. The number of nitro groups is 1. The smallest absolute Gasteiger partial charge is 0.334 e. The standard InChI is InChI=1S/C27H22F3N3O6/c1-37-9-6-31-19-13-21(38-2)22-16-4-3-7-32-20(26(34)15-10-17(28)23(30)18(29)11-15)12-14(24(16)32)5-8-39-27(22)25(19)33(35)36/h3-4,7,10-13,31H,5-6,8-9H2,1-2H3. The molecular formula is C27H22F3N3O6. The highest BCUT2D eigenvalue weighted by Crippen LogP contribution is 2.51. The maximum atomic E-state index is 13.9. The van der Waals surface area contributed by atoms with Crippen molar-refractivity contribution in [3.8, 4) is 22.6 Å². The molecule has 12 heteroatoms. The van der Waals surface area contributed by atoms with Crippen LogP contribution in [0.5, 0.6) is 11.5 Å². The highest BCUT2D eigenvalue weighted by atomic mass is 19.2. The largest absolute Gasteiger partial charge is 0.496 e. The molecule has 0 spiro atoms. The molecular weight excluding hydrogens is 519 g/mol. The first kappa shape index (κ1) is 26.0. The fraction of sp³-hybridized carbons (Fsp3) is 0.222. The number of anilines is 1. The van der Waals surface area contributed by atoms with Gasteiger partial charge in [-0.2, -0.15) is 0 Å². The molecule has 4 aromatic rings. The Balaban J connectivity index is 1.74. The second kappa shape index (κ2) is 10.3. The lowest BCUT2D eigenvalue weighted by Gasteiger charge is -2.21. The van der Waals surface area contributed by atoms with Gasteiger partial charge in [-0.05, 0) is 29.8 Å². The van der Waals surface area contributed by atoms with E-state index in [2.05, 4.69) is 5.32 Å². The predicted octanol–water partition coefficient (Wildman–Crippen LogP) is 5.16. The topological polar surface area (TPSA) is 104 Å². The predicted molar refractivity (Wildman–Crippen MR) is 135 cm³/mol. The molecule has 1 aliphatic heterocycles. The normalized spacial score (nSPS) is 12.3. The van der Waals surface area contributed by atoms with Crippen LogP contribution in [0.25, 0.3) is 16.6 Å². The van der Waals surface area contributed by atoms with Gasteiger partial charge in [-0.1, -0.05) is 6.07 Å². The van der Waals surface area contributed by atoms with Crippen LogP contribution in [0.4, 0.5) is 24.5 Å². The van der Waals surface area contributed by atoms with Gasteiger partial charge in [-0.15, -0.1) is 0 Å². The average Bonchev–Trinajstić information content (AvgIpc) is 3.28. The number of halogens is 3. The van der Waals surface area contributed by atoms with Gasteiger partial charge >= 0.3 is 5.69 Å². The van der Waals surface area contributed by atoms with E-state index in [1.807, 2.05) is 0 Å². The van der Waals surface area contributed by atoms with Crippen molar-refractivity contribution >= 4 is 22.7 Å². The number of hydrogen-bond acceptors (Lipinski definition) is 7. The zero-order valence-corrected chi connectivity index (χ0v) is 20.8. The van der Waals surface area contributed by atoms with Crippen LogP contribution in [0.15, 0.2) is 42.6 Å². The van der Waals surface area contributed by atoms with E-state index in [0.29, 0.717) is 47.5 Å². The summed E-state index contributed by atoms with van der Waals surface area (Å²) in [6.07, 6.45) is 1.86. The van der Waals surface area contributed by atoms with E-state index in [1.165, 1.54) is 24.7 Å². The summed E-state index contributed by atoms with van der Waals surface area (Å²) in [4.78, 5) is 25.0. The number of fused-ring (bicyclic) bond motifs is 2. The molecule has 0 amide bonds. The van der Waals surface area contributed by atoms with Crippen LogP contribution in [0, 0.1) is 27.6 Å². The molecule has 0 saturated heterocycles. The first-order valence-electron chi connectivity index (χ1n) is 11.8. The van der Waals surface area contributed by atoms with Crippen LogP contribution in [0.3, 0.4) is 0 Å². The minimum atomic E-state index is -1.67. The molecule has 5 rings (SSSR count). The zero-order chi connectivity index (χ0) is 27.8. The summed E-state index contributed by atoms with van der Waals surface area (Å²) in [5, 5.41) is 15.2. The van der Waals surface area contributed by atoms with Crippen LogP contribution < -0.4 is 14.8 Å². The number of methoxy groups -OCH3 is 2. The van der Waals surface area contributed by atoms with Crippen molar-refractivity contribution in [2.24, 2.45) is 0 Å². The number of carbonyl (C=O) groups excluding carboxylic acids is 1. The van der Waals surface area contributed by atoms with Crippen molar-refractivity contribution in [3.63, 3.8) is 0 Å². The SMILES string of the molecule is COCCNc1cc(OC)c2c(c1[N+](=O)[O-])OCCc1cc(C(=O)c3cc(F)c(F)c(F)c3)n3cccc-2c13. The summed E-state index contributed by atoms with van der Waals surface area (Å²) in [5.41, 5.74) is 1.61. The third-order valence-electron chi connectivity index (χ3n) is 6.48. The lowest BCUT2D eigenvalue weighted by atomic mass is 9.97. The first-order chi connectivity index (χ1) is 18.8. The Morgan fingerprint density at radius 2 is 1.92 bits per heavy atom.